The summed E-state index contributed by atoms with van der Waals surface area (Å²) in [5.41, 5.74) is 1.71. The van der Waals surface area contributed by atoms with Crippen LogP contribution in [0.5, 0.6) is 5.75 Å². The predicted molar refractivity (Wildman–Crippen MR) is 123 cm³/mol. The average molecular weight is 449 g/mol. The van der Waals surface area contributed by atoms with Crippen molar-refractivity contribution in [2.24, 2.45) is 0 Å². The Morgan fingerprint density at radius 3 is 2.64 bits per heavy atom. The van der Waals surface area contributed by atoms with Crippen LogP contribution in [0.15, 0.2) is 42.9 Å². The molecule has 0 aliphatic carbocycles. The number of anilines is 1. The molecule has 1 aromatic carbocycles. The fourth-order valence-electron chi connectivity index (χ4n) is 3.99. The van der Waals surface area contributed by atoms with Crippen LogP contribution < -0.4 is 10.1 Å². The van der Waals surface area contributed by atoms with E-state index in [2.05, 4.69) is 20.3 Å². The lowest BCUT2D eigenvalue weighted by Crippen LogP contribution is -2.29. The van der Waals surface area contributed by atoms with Crippen molar-refractivity contribution in [3.8, 4) is 5.75 Å². The van der Waals surface area contributed by atoms with Gasteiger partial charge in [-0.1, -0.05) is 0 Å². The van der Waals surface area contributed by atoms with Crippen molar-refractivity contribution in [3.05, 3.63) is 65.8 Å². The molecule has 1 unspecified atom stereocenters. The molecular formula is C24H28N6O3. The summed E-state index contributed by atoms with van der Waals surface area (Å²) in [7, 11) is 1.59. The minimum absolute atomic E-state index is 0.0707. The summed E-state index contributed by atoms with van der Waals surface area (Å²) < 4.78 is 7.12. The SMILES string of the molecule is COc1ccc(NC(=O)c2cnc(C3CCN(C(=O)CCn4ccnc4C)C3)nc2C)cc1. The number of ether oxygens (including phenoxy) is 1. The number of aromatic nitrogens is 4. The zero-order valence-electron chi connectivity index (χ0n) is 19.1. The van der Waals surface area contributed by atoms with Gasteiger partial charge in [0, 0.05) is 56.3 Å². The summed E-state index contributed by atoms with van der Waals surface area (Å²) in [6, 6.07) is 7.12. The predicted octanol–water partition coefficient (Wildman–Crippen LogP) is 2.96. The van der Waals surface area contributed by atoms with E-state index in [1.807, 2.05) is 22.6 Å². The topological polar surface area (TPSA) is 102 Å². The average Bonchev–Trinajstić information content (AvgIpc) is 3.47. The fourth-order valence-corrected chi connectivity index (χ4v) is 3.99. The standard InChI is InChI=1S/C24H28N6O3/c1-16-21(24(32)28-19-4-6-20(33-3)7-5-19)14-26-23(27-16)18-8-11-30(15-18)22(31)9-12-29-13-10-25-17(29)2/h4-7,10,13-14,18H,8-9,11-12,15H2,1-3H3,(H,28,32). The molecule has 0 saturated carbocycles. The number of aryl methyl sites for hydroxylation is 3. The highest BCUT2D eigenvalue weighted by atomic mass is 16.5. The minimum atomic E-state index is -0.262. The number of imidazole rings is 1. The normalized spacial score (nSPS) is 15.5. The molecule has 33 heavy (non-hydrogen) atoms. The van der Waals surface area contributed by atoms with Gasteiger partial charge in [0.25, 0.3) is 5.91 Å². The van der Waals surface area contributed by atoms with Crippen molar-refractivity contribution in [2.45, 2.75) is 39.2 Å². The van der Waals surface area contributed by atoms with Gasteiger partial charge in [0.1, 0.15) is 17.4 Å². The van der Waals surface area contributed by atoms with E-state index in [9.17, 15) is 9.59 Å². The molecule has 1 aliphatic heterocycles. The van der Waals surface area contributed by atoms with Crippen molar-refractivity contribution in [2.75, 3.05) is 25.5 Å². The van der Waals surface area contributed by atoms with Crippen molar-refractivity contribution < 1.29 is 14.3 Å². The van der Waals surface area contributed by atoms with Gasteiger partial charge in [-0.2, -0.15) is 0 Å². The Bertz CT molecular complexity index is 1140. The van der Waals surface area contributed by atoms with Gasteiger partial charge in [-0.25, -0.2) is 15.0 Å². The highest BCUT2D eigenvalue weighted by molar-refractivity contribution is 6.04. The molecule has 1 atom stereocenters. The Hall–Kier alpha value is -3.75. The molecule has 3 aromatic rings. The molecule has 0 bridgehead atoms. The third-order valence-electron chi connectivity index (χ3n) is 5.99. The fraction of sp³-hybridized carbons (Fsp3) is 0.375. The number of rotatable bonds is 7. The smallest absolute Gasteiger partial charge is 0.259 e. The summed E-state index contributed by atoms with van der Waals surface area (Å²) in [5, 5.41) is 2.86. The molecule has 9 heteroatoms. The van der Waals surface area contributed by atoms with Crippen LogP contribution in [0.1, 0.15) is 46.5 Å². The van der Waals surface area contributed by atoms with E-state index < -0.39 is 0 Å². The molecule has 2 aromatic heterocycles. The zero-order chi connectivity index (χ0) is 23.4. The van der Waals surface area contributed by atoms with Crippen molar-refractivity contribution in [1.82, 2.24) is 24.4 Å². The van der Waals surface area contributed by atoms with Crippen LogP contribution in [-0.4, -0.2) is 56.4 Å². The monoisotopic (exact) mass is 448 g/mol. The lowest BCUT2D eigenvalue weighted by atomic mass is 10.1. The molecule has 3 heterocycles. The van der Waals surface area contributed by atoms with Gasteiger partial charge in [-0.05, 0) is 44.5 Å². The van der Waals surface area contributed by atoms with Gasteiger partial charge in [-0.3, -0.25) is 9.59 Å². The number of methoxy groups -OCH3 is 1. The summed E-state index contributed by atoms with van der Waals surface area (Å²) in [5.74, 6) is 2.23. The first kappa shape index (κ1) is 22.4. The lowest BCUT2D eigenvalue weighted by molar-refractivity contribution is -0.130. The zero-order valence-corrected chi connectivity index (χ0v) is 19.1. The van der Waals surface area contributed by atoms with Crippen LogP contribution in [0.25, 0.3) is 0 Å². The van der Waals surface area contributed by atoms with Gasteiger partial charge >= 0.3 is 0 Å². The van der Waals surface area contributed by atoms with Gasteiger partial charge in [0.15, 0.2) is 0 Å². The number of amides is 2. The van der Waals surface area contributed by atoms with Crippen molar-refractivity contribution >= 4 is 17.5 Å². The number of benzene rings is 1. The van der Waals surface area contributed by atoms with E-state index in [0.29, 0.717) is 48.8 Å². The lowest BCUT2D eigenvalue weighted by Gasteiger charge is -2.17. The molecule has 1 N–H and O–H groups in total. The Balaban J connectivity index is 1.35. The van der Waals surface area contributed by atoms with Crippen LogP contribution in [0.2, 0.25) is 0 Å². The highest BCUT2D eigenvalue weighted by Crippen LogP contribution is 2.26. The maximum absolute atomic E-state index is 12.7. The third kappa shape index (κ3) is 5.19. The summed E-state index contributed by atoms with van der Waals surface area (Å²) in [6.45, 7) is 5.64. The van der Waals surface area contributed by atoms with Crippen molar-refractivity contribution in [3.63, 3.8) is 0 Å². The molecule has 0 spiro atoms. The maximum Gasteiger partial charge on any atom is 0.259 e. The Morgan fingerprint density at radius 1 is 1.18 bits per heavy atom. The Morgan fingerprint density at radius 2 is 1.97 bits per heavy atom. The van der Waals surface area contributed by atoms with Crippen LogP contribution in [-0.2, 0) is 11.3 Å². The summed E-state index contributed by atoms with van der Waals surface area (Å²) in [6.07, 6.45) is 6.45. The van der Waals surface area contributed by atoms with Gasteiger partial charge in [0.05, 0.1) is 18.4 Å². The molecular weight excluding hydrogens is 420 g/mol. The second kappa shape index (κ2) is 9.81. The first-order valence-electron chi connectivity index (χ1n) is 11.0. The molecule has 1 aliphatic rings. The van der Waals surface area contributed by atoms with E-state index in [1.54, 1.807) is 50.7 Å². The van der Waals surface area contributed by atoms with Gasteiger partial charge in [-0.15, -0.1) is 0 Å². The van der Waals surface area contributed by atoms with E-state index in [1.165, 1.54) is 0 Å². The van der Waals surface area contributed by atoms with E-state index in [-0.39, 0.29) is 17.7 Å². The van der Waals surface area contributed by atoms with Crippen LogP contribution in [0, 0.1) is 13.8 Å². The number of hydrogen-bond donors (Lipinski definition) is 1. The van der Waals surface area contributed by atoms with Crippen LogP contribution in [0.4, 0.5) is 5.69 Å². The quantitative estimate of drug-likeness (QED) is 0.596. The number of nitrogens with one attached hydrogen (secondary N) is 1. The molecule has 4 rings (SSSR count). The van der Waals surface area contributed by atoms with E-state index in [4.69, 9.17) is 4.74 Å². The largest absolute Gasteiger partial charge is 0.497 e. The van der Waals surface area contributed by atoms with Gasteiger partial charge < -0.3 is 19.5 Å². The van der Waals surface area contributed by atoms with E-state index >= 15 is 0 Å². The number of carbonyl (C=O) groups is 2. The molecule has 0 radical (unpaired) electrons. The van der Waals surface area contributed by atoms with Crippen LogP contribution >= 0.6 is 0 Å². The highest BCUT2D eigenvalue weighted by Gasteiger charge is 2.29. The molecule has 9 nitrogen and oxygen atoms in total. The van der Waals surface area contributed by atoms with Gasteiger partial charge in [0.2, 0.25) is 5.91 Å². The molecule has 2 amide bonds. The number of carbonyl (C=O) groups excluding carboxylic acids is 2. The minimum Gasteiger partial charge on any atom is -0.497 e. The Labute approximate surface area is 192 Å². The first-order valence-corrected chi connectivity index (χ1v) is 11.0. The first-order chi connectivity index (χ1) is 15.9. The number of nitrogens with zero attached hydrogens (tertiary/aromatic N) is 5. The number of hydrogen-bond acceptors (Lipinski definition) is 6. The summed E-state index contributed by atoms with van der Waals surface area (Å²) in [4.78, 5) is 40.4. The van der Waals surface area contributed by atoms with Crippen molar-refractivity contribution in [1.29, 1.82) is 0 Å². The summed E-state index contributed by atoms with van der Waals surface area (Å²) >= 11 is 0. The third-order valence-corrected chi connectivity index (χ3v) is 5.99. The molecule has 1 saturated heterocycles. The molecule has 172 valence electrons. The second-order valence-corrected chi connectivity index (χ2v) is 8.15. The molecule has 1 fully saturated rings. The maximum atomic E-state index is 12.7. The second-order valence-electron chi connectivity index (χ2n) is 8.15. The Kier molecular flexibility index (Phi) is 6.67. The number of likely N-dealkylation sites (tertiary alicyclic amines) is 1. The van der Waals surface area contributed by atoms with Crippen LogP contribution in [0.3, 0.4) is 0 Å². The van der Waals surface area contributed by atoms with E-state index in [0.717, 1.165) is 18.0 Å².